The van der Waals surface area contributed by atoms with Gasteiger partial charge in [0.25, 0.3) is 0 Å². The summed E-state index contributed by atoms with van der Waals surface area (Å²) in [6, 6.07) is 3.12. The van der Waals surface area contributed by atoms with Crippen LogP contribution in [0.4, 0.5) is 26.3 Å². The van der Waals surface area contributed by atoms with Crippen LogP contribution in [0.2, 0.25) is 0 Å². The van der Waals surface area contributed by atoms with Gasteiger partial charge in [-0.3, -0.25) is 0 Å². The molecule has 2 nitrogen and oxygen atoms in total. The van der Waals surface area contributed by atoms with Gasteiger partial charge in [0.1, 0.15) is 5.75 Å². The second-order valence-electron chi connectivity index (χ2n) is 2.54. The molecule has 0 saturated heterocycles. The number of rotatable bonds is 1. The predicted octanol–water partition coefficient (Wildman–Crippen LogP) is 2.78. The molecule has 1 aromatic rings. The largest absolute Gasteiger partial charge is 0.573 e. The minimum atomic E-state index is -5.14. The van der Waals surface area contributed by atoms with Gasteiger partial charge in [-0.25, -0.2) is 0 Å². The molecule has 2 N–H and O–H groups in total. The Morgan fingerprint density at radius 2 is 1.38 bits per heavy atom. The van der Waals surface area contributed by atoms with Crippen LogP contribution in [-0.4, -0.2) is 11.8 Å². The van der Waals surface area contributed by atoms with Crippen LogP contribution in [0.3, 0.4) is 0 Å². The lowest BCUT2D eigenvalue weighted by molar-refractivity contribution is -0.276. The molecule has 92 valence electrons. The Morgan fingerprint density at radius 3 is 1.81 bits per heavy atom. The number of benzene rings is 1. The van der Waals surface area contributed by atoms with Gasteiger partial charge >= 0.3 is 12.5 Å². The fourth-order valence-electron chi connectivity index (χ4n) is 0.915. The minimum Gasteiger partial charge on any atom is -0.412 e. The summed E-state index contributed by atoms with van der Waals surface area (Å²) in [7, 11) is 0. The highest BCUT2D eigenvalue weighted by Crippen LogP contribution is 2.37. The van der Waals surface area contributed by atoms with Gasteiger partial charge in [0.05, 0.1) is 5.56 Å². The summed E-state index contributed by atoms with van der Waals surface area (Å²) < 4.78 is 74.9. The Kier molecular flexibility index (Phi) is 4.19. The second-order valence-corrected chi connectivity index (χ2v) is 2.54. The fourth-order valence-corrected chi connectivity index (χ4v) is 0.915. The van der Waals surface area contributed by atoms with Crippen molar-refractivity contribution in [3.63, 3.8) is 0 Å². The van der Waals surface area contributed by atoms with Crippen molar-refractivity contribution >= 4 is 0 Å². The van der Waals surface area contributed by atoms with Crippen LogP contribution in [-0.2, 0) is 6.18 Å². The van der Waals surface area contributed by atoms with Crippen LogP contribution in [0.15, 0.2) is 24.3 Å². The standard InChI is InChI=1S/C8H4F6O.H2O/c9-7(10,11)5-3-1-2-4-6(5)15-8(12,13)14;/h1-4H;1H2. The van der Waals surface area contributed by atoms with Gasteiger partial charge in [0, 0.05) is 0 Å². The zero-order valence-electron chi connectivity index (χ0n) is 7.49. The van der Waals surface area contributed by atoms with E-state index in [-0.39, 0.29) is 5.48 Å². The quantitative estimate of drug-likeness (QED) is 0.704. The molecule has 0 saturated carbocycles. The SMILES string of the molecule is FC(F)(F)Oc1ccccc1C(F)(F)F.O. The van der Waals surface area contributed by atoms with Crippen molar-refractivity contribution in [2.75, 3.05) is 0 Å². The van der Waals surface area contributed by atoms with Gasteiger partial charge in [-0.2, -0.15) is 13.2 Å². The van der Waals surface area contributed by atoms with Crippen molar-refractivity contribution in [1.29, 1.82) is 0 Å². The fraction of sp³-hybridized carbons (Fsp3) is 0.250. The van der Waals surface area contributed by atoms with Crippen molar-refractivity contribution in [1.82, 2.24) is 0 Å². The molecule has 0 amide bonds. The van der Waals surface area contributed by atoms with Gasteiger partial charge in [0.2, 0.25) is 0 Å². The molecule has 1 rings (SSSR count). The summed E-state index contributed by atoms with van der Waals surface area (Å²) in [5, 5.41) is 0. The van der Waals surface area contributed by atoms with Crippen molar-refractivity contribution in [3.8, 4) is 5.75 Å². The van der Waals surface area contributed by atoms with Crippen LogP contribution in [0, 0.1) is 0 Å². The summed E-state index contributed by atoms with van der Waals surface area (Å²) in [4.78, 5) is 0. The highest BCUT2D eigenvalue weighted by molar-refractivity contribution is 5.35. The predicted molar refractivity (Wildman–Crippen MR) is 41.7 cm³/mol. The minimum absolute atomic E-state index is 0. The molecule has 0 aliphatic carbocycles. The zero-order valence-corrected chi connectivity index (χ0v) is 7.49. The molecule has 0 spiro atoms. The summed E-state index contributed by atoms with van der Waals surface area (Å²) in [6.45, 7) is 0. The molecular formula is C8H6F6O2. The van der Waals surface area contributed by atoms with Crippen molar-refractivity contribution < 1.29 is 36.6 Å². The number of para-hydroxylation sites is 1. The van der Waals surface area contributed by atoms with Crippen LogP contribution in [0.25, 0.3) is 0 Å². The van der Waals surface area contributed by atoms with E-state index in [9.17, 15) is 26.3 Å². The number of halogens is 6. The molecule has 0 bridgehead atoms. The van der Waals surface area contributed by atoms with Gasteiger partial charge in [-0.15, -0.1) is 13.2 Å². The third-order valence-electron chi connectivity index (χ3n) is 1.42. The van der Waals surface area contributed by atoms with Crippen LogP contribution in [0.1, 0.15) is 5.56 Å². The summed E-state index contributed by atoms with van der Waals surface area (Å²) >= 11 is 0. The molecule has 0 fully saturated rings. The van der Waals surface area contributed by atoms with E-state index in [0.29, 0.717) is 12.1 Å². The Bertz CT molecular complexity index is 343. The maximum Gasteiger partial charge on any atom is 0.573 e. The van der Waals surface area contributed by atoms with E-state index in [1.54, 1.807) is 0 Å². The number of hydrogen-bond donors (Lipinski definition) is 0. The molecule has 0 atom stereocenters. The molecule has 0 aliphatic rings. The average molecular weight is 248 g/mol. The molecule has 0 aromatic heterocycles. The molecule has 8 heteroatoms. The highest BCUT2D eigenvalue weighted by Gasteiger charge is 2.38. The normalized spacial score (nSPS) is 11.9. The molecule has 16 heavy (non-hydrogen) atoms. The van der Waals surface area contributed by atoms with E-state index in [2.05, 4.69) is 4.74 Å². The number of alkyl halides is 6. The maximum absolute atomic E-state index is 12.2. The van der Waals surface area contributed by atoms with E-state index in [0.717, 1.165) is 12.1 Å². The Hall–Kier alpha value is -1.44. The van der Waals surface area contributed by atoms with E-state index in [1.165, 1.54) is 0 Å². The first-order valence-corrected chi connectivity index (χ1v) is 3.62. The first-order valence-electron chi connectivity index (χ1n) is 3.62. The van der Waals surface area contributed by atoms with Crippen LogP contribution < -0.4 is 4.74 Å². The first-order chi connectivity index (χ1) is 6.70. The van der Waals surface area contributed by atoms with Crippen LogP contribution in [0.5, 0.6) is 5.75 Å². The smallest absolute Gasteiger partial charge is 0.412 e. The molecular weight excluding hydrogens is 242 g/mol. The van der Waals surface area contributed by atoms with E-state index in [1.807, 2.05) is 0 Å². The number of ether oxygens (including phenoxy) is 1. The van der Waals surface area contributed by atoms with E-state index in [4.69, 9.17) is 0 Å². The van der Waals surface area contributed by atoms with E-state index >= 15 is 0 Å². The lowest BCUT2D eigenvalue weighted by Crippen LogP contribution is -2.20. The zero-order chi connectivity index (χ0) is 11.7. The summed E-state index contributed by atoms with van der Waals surface area (Å²) in [5.74, 6) is -1.25. The molecule has 1 aromatic carbocycles. The van der Waals surface area contributed by atoms with Gasteiger partial charge in [-0.05, 0) is 12.1 Å². The molecule has 0 aliphatic heterocycles. The van der Waals surface area contributed by atoms with Crippen molar-refractivity contribution in [2.45, 2.75) is 12.5 Å². The lowest BCUT2D eigenvalue weighted by atomic mass is 10.2. The summed E-state index contributed by atoms with van der Waals surface area (Å²) in [5.41, 5.74) is -1.46. The monoisotopic (exact) mass is 248 g/mol. The lowest BCUT2D eigenvalue weighted by Gasteiger charge is -2.14. The molecule has 0 radical (unpaired) electrons. The van der Waals surface area contributed by atoms with Gasteiger partial charge in [0.15, 0.2) is 0 Å². The first kappa shape index (κ1) is 14.6. The van der Waals surface area contributed by atoms with Crippen molar-refractivity contribution in [2.24, 2.45) is 0 Å². The van der Waals surface area contributed by atoms with Gasteiger partial charge < -0.3 is 10.2 Å². The third kappa shape index (κ3) is 3.97. The molecule has 0 heterocycles. The maximum atomic E-state index is 12.2. The summed E-state index contributed by atoms with van der Waals surface area (Å²) in [6.07, 6.45) is -10.0. The Balaban J connectivity index is 0.00000225. The van der Waals surface area contributed by atoms with E-state index < -0.39 is 23.9 Å². The average Bonchev–Trinajstić information content (AvgIpc) is 1.99. The Labute approximate surface area is 85.7 Å². The van der Waals surface area contributed by atoms with Crippen molar-refractivity contribution in [3.05, 3.63) is 29.8 Å². The third-order valence-corrected chi connectivity index (χ3v) is 1.42. The second kappa shape index (κ2) is 4.60. The highest BCUT2D eigenvalue weighted by atomic mass is 19.4. The van der Waals surface area contributed by atoms with Gasteiger partial charge in [-0.1, -0.05) is 12.1 Å². The molecule has 0 unspecified atom stereocenters. The number of hydrogen-bond acceptors (Lipinski definition) is 1. The Morgan fingerprint density at radius 1 is 0.875 bits per heavy atom. The van der Waals surface area contributed by atoms with Crippen LogP contribution >= 0.6 is 0 Å². The topological polar surface area (TPSA) is 40.7 Å².